The summed E-state index contributed by atoms with van der Waals surface area (Å²) in [5, 5.41) is 4.42. The molecule has 0 aliphatic carbocycles. The number of furan rings is 2. The Morgan fingerprint density at radius 1 is 0.450 bits per heavy atom. The maximum atomic E-state index is 7.11. The van der Waals surface area contributed by atoms with Gasteiger partial charge >= 0.3 is 0 Å². The number of hydrogen-bond acceptors (Lipinski definition) is 5. The lowest BCUT2D eigenvalue weighted by molar-refractivity contribution is 0.657. The number of benzene rings is 9. The van der Waals surface area contributed by atoms with E-state index in [0.717, 1.165) is 88.4 Å². The van der Waals surface area contributed by atoms with Crippen molar-refractivity contribution in [2.45, 2.75) is 9.79 Å². The monoisotopic (exact) mass is 784 g/mol. The van der Waals surface area contributed by atoms with Gasteiger partial charge in [0.15, 0.2) is 0 Å². The maximum absolute atomic E-state index is 7.11. The van der Waals surface area contributed by atoms with Crippen molar-refractivity contribution in [2.24, 2.45) is 0 Å². The van der Waals surface area contributed by atoms with Crippen molar-refractivity contribution in [1.82, 2.24) is 0 Å². The summed E-state index contributed by atoms with van der Waals surface area (Å²) in [6.07, 6.45) is 0. The van der Waals surface area contributed by atoms with Crippen molar-refractivity contribution >= 4 is 113 Å². The zero-order valence-corrected chi connectivity index (χ0v) is 33.1. The standard InChI is InChI=1S/C54H33BN2O2S/c1-5-17-34(18-6-1)35-31-44-50-47(32-35)60-54-51(52-48(40-25-13-15-27-45(40)58-52)49-41-26-14-16-28-46(41)59-53(49)54)55(50)42-30-29-39(33-43(42)57(44)38-23-11-4-12-24-38)56(36-19-7-2-8-20-36)37-21-9-3-10-22-37/h1-33H. The first-order chi connectivity index (χ1) is 29.8. The predicted octanol–water partition coefficient (Wildman–Crippen LogP) is 13.4. The molecule has 60 heavy (non-hydrogen) atoms. The van der Waals surface area contributed by atoms with E-state index in [2.05, 4.69) is 210 Å². The van der Waals surface area contributed by atoms with Crippen LogP contribution in [0, 0.1) is 0 Å². The van der Waals surface area contributed by atoms with Gasteiger partial charge in [0.1, 0.15) is 22.3 Å². The molecule has 11 aromatic rings. The van der Waals surface area contributed by atoms with Gasteiger partial charge < -0.3 is 18.6 Å². The second-order valence-corrected chi connectivity index (χ2v) is 16.6. The lowest BCUT2D eigenvalue weighted by Gasteiger charge is -2.41. The van der Waals surface area contributed by atoms with Crippen molar-refractivity contribution < 1.29 is 8.83 Å². The van der Waals surface area contributed by atoms with Gasteiger partial charge in [-0.3, -0.25) is 0 Å². The molecule has 0 bridgehead atoms. The van der Waals surface area contributed by atoms with Crippen LogP contribution in [0.25, 0.3) is 55.0 Å². The minimum absolute atomic E-state index is 0.150. The maximum Gasteiger partial charge on any atom is 0.254 e. The molecule has 4 heterocycles. The molecule has 0 amide bonds. The molecule has 4 nitrogen and oxygen atoms in total. The van der Waals surface area contributed by atoms with Crippen LogP contribution in [0.3, 0.4) is 0 Å². The van der Waals surface area contributed by atoms with Crippen molar-refractivity contribution in [3.63, 3.8) is 0 Å². The molecule has 13 rings (SSSR count). The van der Waals surface area contributed by atoms with Crippen molar-refractivity contribution in [3.8, 4) is 11.1 Å². The molecule has 2 aromatic heterocycles. The fourth-order valence-electron chi connectivity index (χ4n) is 9.76. The molecular weight excluding hydrogens is 751 g/mol. The lowest BCUT2D eigenvalue weighted by Crippen LogP contribution is -2.60. The zero-order chi connectivity index (χ0) is 39.3. The van der Waals surface area contributed by atoms with E-state index in [0.29, 0.717) is 0 Å². The van der Waals surface area contributed by atoms with E-state index in [9.17, 15) is 0 Å². The average Bonchev–Trinajstić information content (AvgIpc) is 3.89. The van der Waals surface area contributed by atoms with Gasteiger partial charge in [-0.2, -0.15) is 0 Å². The number of hydrogen-bond donors (Lipinski definition) is 0. The fraction of sp³-hybridized carbons (Fsp3) is 0. The van der Waals surface area contributed by atoms with Crippen LogP contribution in [0.5, 0.6) is 0 Å². The van der Waals surface area contributed by atoms with Crippen LogP contribution >= 0.6 is 11.8 Å². The highest BCUT2D eigenvalue weighted by Crippen LogP contribution is 2.50. The van der Waals surface area contributed by atoms with Gasteiger partial charge in [0.05, 0.1) is 4.90 Å². The van der Waals surface area contributed by atoms with Gasteiger partial charge in [-0.15, -0.1) is 0 Å². The number of rotatable bonds is 5. The molecule has 2 aliphatic heterocycles. The van der Waals surface area contributed by atoms with Gasteiger partial charge in [0.2, 0.25) is 0 Å². The van der Waals surface area contributed by atoms with Gasteiger partial charge in [0.25, 0.3) is 6.71 Å². The molecule has 0 radical (unpaired) electrons. The van der Waals surface area contributed by atoms with E-state index < -0.39 is 0 Å². The summed E-state index contributed by atoms with van der Waals surface area (Å²) in [4.78, 5) is 7.16. The van der Waals surface area contributed by atoms with E-state index in [-0.39, 0.29) is 6.71 Å². The summed E-state index contributed by atoms with van der Waals surface area (Å²) in [7, 11) is 0. The Morgan fingerprint density at radius 2 is 1.02 bits per heavy atom. The quantitative estimate of drug-likeness (QED) is 0.162. The van der Waals surface area contributed by atoms with Crippen molar-refractivity contribution in [1.29, 1.82) is 0 Å². The third-order valence-electron chi connectivity index (χ3n) is 12.3. The number of fused-ring (bicyclic) bond motifs is 13. The van der Waals surface area contributed by atoms with Crippen molar-refractivity contribution in [3.05, 3.63) is 200 Å². The van der Waals surface area contributed by atoms with Crippen LogP contribution in [0.15, 0.2) is 219 Å². The molecule has 280 valence electrons. The second kappa shape index (κ2) is 13.1. The number of anilines is 6. The van der Waals surface area contributed by atoms with E-state index in [1.54, 1.807) is 0 Å². The molecule has 0 atom stereocenters. The summed E-state index contributed by atoms with van der Waals surface area (Å²) >= 11 is 1.81. The zero-order valence-electron chi connectivity index (χ0n) is 32.2. The first-order valence-electron chi connectivity index (χ1n) is 20.4. The number of para-hydroxylation sites is 5. The molecule has 0 unspecified atom stereocenters. The fourth-order valence-corrected chi connectivity index (χ4v) is 11.1. The Morgan fingerprint density at radius 3 is 1.68 bits per heavy atom. The molecule has 0 saturated carbocycles. The van der Waals surface area contributed by atoms with Crippen LogP contribution in [0.1, 0.15) is 0 Å². The topological polar surface area (TPSA) is 32.8 Å². The van der Waals surface area contributed by atoms with E-state index in [1.807, 2.05) is 11.8 Å². The highest BCUT2D eigenvalue weighted by molar-refractivity contribution is 8.00. The molecule has 0 N–H and O–H groups in total. The van der Waals surface area contributed by atoms with Crippen LogP contribution < -0.4 is 26.2 Å². The van der Waals surface area contributed by atoms with E-state index in [4.69, 9.17) is 8.83 Å². The highest BCUT2D eigenvalue weighted by atomic mass is 32.2. The smallest absolute Gasteiger partial charge is 0.254 e. The predicted molar refractivity (Wildman–Crippen MR) is 251 cm³/mol. The highest BCUT2D eigenvalue weighted by Gasteiger charge is 2.45. The van der Waals surface area contributed by atoms with Gasteiger partial charge in [-0.1, -0.05) is 139 Å². The summed E-state index contributed by atoms with van der Waals surface area (Å²) in [6, 6.07) is 71.6. The molecule has 9 aromatic carbocycles. The van der Waals surface area contributed by atoms with Crippen LogP contribution in [0.2, 0.25) is 0 Å². The summed E-state index contributed by atoms with van der Waals surface area (Å²) in [5.74, 6) is 0. The minimum Gasteiger partial charge on any atom is -0.457 e. The third-order valence-corrected chi connectivity index (χ3v) is 13.4. The summed E-state index contributed by atoms with van der Waals surface area (Å²) in [6.45, 7) is -0.150. The lowest BCUT2D eigenvalue weighted by atomic mass is 9.34. The van der Waals surface area contributed by atoms with Gasteiger partial charge in [-0.05, 0) is 100 Å². The molecule has 0 spiro atoms. The summed E-state index contributed by atoms with van der Waals surface area (Å²) in [5.41, 5.74) is 16.2. The van der Waals surface area contributed by atoms with Crippen LogP contribution in [-0.2, 0) is 0 Å². The second-order valence-electron chi connectivity index (χ2n) is 15.6. The van der Waals surface area contributed by atoms with Crippen LogP contribution in [-0.4, -0.2) is 6.71 Å². The Bertz CT molecular complexity index is 3440. The van der Waals surface area contributed by atoms with E-state index >= 15 is 0 Å². The number of nitrogens with zero attached hydrogens (tertiary/aromatic N) is 2. The Balaban J connectivity index is 1.17. The minimum atomic E-state index is -0.150. The SMILES string of the molecule is c1ccc(-c2cc3c4c(c2)N(c2ccccc2)c2cc(N(c5ccccc5)c5ccccc5)ccc2B4c2c(c4oc5ccccc5c4c4c2oc2ccccc24)S3)cc1. The Labute approximate surface area is 351 Å². The first-order valence-corrected chi connectivity index (χ1v) is 21.2. The first kappa shape index (κ1) is 33.6. The Kier molecular flexibility index (Phi) is 7.30. The van der Waals surface area contributed by atoms with E-state index in [1.165, 1.54) is 26.9 Å². The Hall–Kier alpha value is -7.41. The van der Waals surface area contributed by atoms with Gasteiger partial charge in [0, 0.05) is 60.6 Å². The normalized spacial score (nSPS) is 12.9. The largest absolute Gasteiger partial charge is 0.457 e. The van der Waals surface area contributed by atoms with Crippen molar-refractivity contribution in [2.75, 3.05) is 9.80 Å². The van der Waals surface area contributed by atoms with Gasteiger partial charge in [-0.25, -0.2) is 0 Å². The molecule has 0 fully saturated rings. The summed E-state index contributed by atoms with van der Waals surface area (Å²) < 4.78 is 14.1. The third kappa shape index (κ3) is 4.89. The molecular formula is C54H33BN2O2S. The molecule has 6 heteroatoms. The molecule has 2 aliphatic rings. The van der Waals surface area contributed by atoms with Crippen LogP contribution in [0.4, 0.5) is 34.1 Å². The average molecular weight is 785 g/mol. The molecule has 0 saturated heterocycles.